The lowest BCUT2D eigenvalue weighted by molar-refractivity contribution is -0.116. The summed E-state index contributed by atoms with van der Waals surface area (Å²) in [5, 5.41) is 1.10. The number of carbonyl (C=O) groups is 1. The Morgan fingerprint density at radius 2 is 1.97 bits per heavy atom. The fraction of sp³-hybridized carbons (Fsp3) is 0.483. The average molecular weight is 510 g/mol. The first kappa shape index (κ1) is 26.6. The highest BCUT2D eigenvalue weighted by Crippen LogP contribution is 2.37. The molecule has 1 aromatic rings. The molecule has 3 aliphatic rings. The second kappa shape index (κ2) is 12.7. The van der Waals surface area contributed by atoms with E-state index in [1.54, 1.807) is 30.9 Å². The Bertz CT molecular complexity index is 998. The van der Waals surface area contributed by atoms with Gasteiger partial charge in [-0.1, -0.05) is 48.7 Å². The first-order valence-corrected chi connectivity index (χ1v) is 13.6. The van der Waals surface area contributed by atoms with E-state index < -0.39 is 0 Å². The molecule has 4 rings (SSSR count). The molecular formula is C29H39N3O3S. The average Bonchev–Trinajstić information content (AvgIpc) is 2.88. The number of anilines is 1. The van der Waals surface area contributed by atoms with E-state index in [1.165, 1.54) is 16.2 Å². The van der Waals surface area contributed by atoms with Crippen molar-refractivity contribution in [2.75, 3.05) is 58.5 Å². The zero-order valence-corrected chi connectivity index (χ0v) is 22.6. The number of amides is 1. The van der Waals surface area contributed by atoms with Gasteiger partial charge in [-0.2, -0.15) is 0 Å². The van der Waals surface area contributed by atoms with E-state index in [0.29, 0.717) is 31.1 Å². The second-order valence-electron chi connectivity index (χ2n) is 9.66. The molecule has 2 heterocycles. The summed E-state index contributed by atoms with van der Waals surface area (Å²) in [6.45, 7) is 11.5. The van der Waals surface area contributed by atoms with Crippen LogP contribution in [0.1, 0.15) is 18.9 Å². The minimum atomic E-state index is 0.359. The molecule has 1 amide bonds. The normalized spacial score (nSPS) is 22.1. The summed E-state index contributed by atoms with van der Waals surface area (Å²) in [5.41, 5.74) is 3.54. The molecule has 6 nitrogen and oxygen atoms in total. The molecule has 0 aromatic heterocycles. The molecule has 2 aliphatic heterocycles. The number of hydrogen-bond acceptors (Lipinski definition) is 6. The van der Waals surface area contributed by atoms with Crippen molar-refractivity contribution in [3.8, 4) is 0 Å². The smallest absolute Gasteiger partial charge is 0.214 e. The molecule has 0 spiro atoms. The number of hydrogen-bond donors (Lipinski definition) is 0. The standard InChI is InChI=1S/C29H39N3O3S/c1-5-29(16-23-6-9-26(10-7-23)32-19-28(20-32)35-4)36-22(2)30-13-12-24-8-11-27(17-25(24)18-30)31(21-33)14-15-34-3/h5-11,17,21,24-25,28H,2,12-16,18-20H2,1,3-4H3/b29-5-. The van der Waals surface area contributed by atoms with Crippen molar-refractivity contribution in [2.45, 2.75) is 25.9 Å². The number of piperidine rings is 1. The van der Waals surface area contributed by atoms with Gasteiger partial charge < -0.3 is 24.2 Å². The number of nitrogens with zero attached hydrogens (tertiary/aromatic N) is 3. The Hall–Kier alpha value is -2.48. The van der Waals surface area contributed by atoms with Gasteiger partial charge in [0.25, 0.3) is 0 Å². The van der Waals surface area contributed by atoms with Crippen molar-refractivity contribution in [1.82, 2.24) is 9.80 Å². The molecule has 0 radical (unpaired) electrons. The van der Waals surface area contributed by atoms with Crippen LogP contribution >= 0.6 is 11.8 Å². The predicted molar refractivity (Wildman–Crippen MR) is 149 cm³/mol. The Labute approximate surface area is 220 Å². The van der Waals surface area contributed by atoms with Crippen LogP contribution in [0.4, 0.5) is 5.69 Å². The molecule has 0 saturated carbocycles. The van der Waals surface area contributed by atoms with Gasteiger partial charge in [-0.25, -0.2) is 0 Å². The van der Waals surface area contributed by atoms with Crippen LogP contribution in [0.3, 0.4) is 0 Å². The van der Waals surface area contributed by atoms with Crippen molar-refractivity contribution in [3.05, 3.63) is 76.3 Å². The quantitative estimate of drug-likeness (QED) is 0.382. The maximum atomic E-state index is 11.6. The number of methoxy groups -OCH3 is 2. The van der Waals surface area contributed by atoms with E-state index in [-0.39, 0.29) is 0 Å². The fourth-order valence-corrected chi connectivity index (χ4v) is 5.95. The summed E-state index contributed by atoms with van der Waals surface area (Å²) in [5.74, 6) is 0.894. The molecule has 2 atom stereocenters. The second-order valence-corrected chi connectivity index (χ2v) is 10.9. The first-order chi connectivity index (χ1) is 17.5. The van der Waals surface area contributed by atoms with Crippen LogP contribution in [0.5, 0.6) is 0 Å². The summed E-state index contributed by atoms with van der Waals surface area (Å²) in [6, 6.07) is 8.90. The minimum Gasteiger partial charge on any atom is -0.383 e. The Kier molecular flexibility index (Phi) is 9.35. The van der Waals surface area contributed by atoms with Gasteiger partial charge in [0.05, 0.1) is 17.7 Å². The Morgan fingerprint density at radius 3 is 2.64 bits per heavy atom. The summed E-state index contributed by atoms with van der Waals surface area (Å²) in [7, 11) is 3.44. The molecule has 1 aliphatic carbocycles. The van der Waals surface area contributed by atoms with Crippen LogP contribution in [-0.2, 0) is 20.7 Å². The zero-order chi connectivity index (χ0) is 25.5. The van der Waals surface area contributed by atoms with Crippen LogP contribution in [0.2, 0.25) is 0 Å². The molecular weight excluding hydrogens is 470 g/mol. The number of ether oxygens (including phenoxy) is 2. The third-order valence-corrected chi connectivity index (χ3v) is 8.53. The molecule has 2 saturated heterocycles. The number of fused-ring (bicyclic) bond motifs is 1. The molecule has 2 fully saturated rings. The molecule has 1 aromatic carbocycles. The number of likely N-dealkylation sites (tertiary alicyclic amines) is 1. The van der Waals surface area contributed by atoms with Crippen molar-refractivity contribution < 1.29 is 14.3 Å². The van der Waals surface area contributed by atoms with E-state index in [1.807, 2.05) is 0 Å². The summed E-state index contributed by atoms with van der Waals surface area (Å²) >= 11 is 1.78. The number of benzene rings is 1. The number of allylic oxidation sites excluding steroid dienone is 4. The lowest BCUT2D eigenvalue weighted by Gasteiger charge is -2.40. The third-order valence-electron chi connectivity index (χ3n) is 7.39. The minimum absolute atomic E-state index is 0.359. The van der Waals surface area contributed by atoms with Gasteiger partial charge in [-0.3, -0.25) is 4.79 Å². The van der Waals surface area contributed by atoms with Crippen molar-refractivity contribution in [1.29, 1.82) is 0 Å². The Morgan fingerprint density at radius 1 is 1.19 bits per heavy atom. The summed E-state index contributed by atoms with van der Waals surface area (Å²) in [4.78, 5) is 19.4. The van der Waals surface area contributed by atoms with E-state index in [4.69, 9.17) is 9.47 Å². The topological polar surface area (TPSA) is 45.2 Å². The van der Waals surface area contributed by atoms with Crippen LogP contribution in [-0.4, -0.2) is 75.9 Å². The number of carbonyl (C=O) groups excluding carboxylic acids is 1. The monoisotopic (exact) mass is 509 g/mol. The van der Waals surface area contributed by atoms with E-state index >= 15 is 0 Å². The van der Waals surface area contributed by atoms with Crippen LogP contribution < -0.4 is 4.90 Å². The SMILES string of the molecule is C=C(S/C(=C\C)Cc1ccc(N2CC(OC)C2)cc1)N1CCC2C=CC(N(C=O)CCOC)=CC2C1. The first-order valence-electron chi connectivity index (χ1n) is 12.8. The van der Waals surface area contributed by atoms with Crippen molar-refractivity contribution in [3.63, 3.8) is 0 Å². The van der Waals surface area contributed by atoms with Crippen LogP contribution in [0.25, 0.3) is 0 Å². The lowest BCUT2D eigenvalue weighted by Crippen LogP contribution is -2.51. The van der Waals surface area contributed by atoms with Gasteiger partial charge in [0.2, 0.25) is 6.41 Å². The highest BCUT2D eigenvalue weighted by atomic mass is 32.2. The van der Waals surface area contributed by atoms with Gasteiger partial charge in [0, 0.05) is 70.7 Å². The summed E-state index contributed by atoms with van der Waals surface area (Å²) in [6.07, 6.45) is 12.1. The van der Waals surface area contributed by atoms with Crippen molar-refractivity contribution in [2.24, 2.45) is 11.8 Å². The molecule has 36 heavy (non-hydrogen) atoms. The highest BCUT2D eigenvalue weighted by Gasteiger charge is 2.30. The van der Waals surface area contributed by atoms with Gasteiger partial charge in [0.1, 0.15) is 0 Å². The molecule has 0 bridgehead atoms. The van der Waals surface area contributed by atoms with Gasteiger partial charge in [0.15, 0.2) is 0 Å². The third kappa shape index (κ3) is 6.44. The molecule has 2 unspecified atom stereocenters. The van der Waals surface area contributed by atoms with Crippen molar-refractivity contribution >= 4 is 23.9 Å². The number of rotatable bonds is 12. The maximum Gasteiger partial charge on any atom is 0.214 e. The molecule has 0 N–H and O–H groups in total. The van der Waals surface area contributed by atoms with Gasteiger partial charge in [-0.15, -0.1) is 0 Å². The lowest BCUT2D eigenvalue weighted by atomic mass is 9.82. The maximum absolute atomic E-state index is 11.6. The van der Waals surface area contributed by atoms with Gasteiger partial charge >= 0.3 is 0 Å². The van der Waals surface area contributed by atoms with Gasteiger partial charge in [-0.05, 0) is 47.9 Å². The molecule has 194 valence electrons. The van der Waals surface area contributed by atoms with E-state index in [9.17, 15) is 4.79 Å². The largest absolute Gasteiger partial charge is 0.383 e. The van der Waals surface area contributed by atoms with Crippen LogP contribution in [0, 0.1) is 11.8 Å². The zero-order valence-electron chi connectivity index (χ0n) is 21.8. The predicted octanol–water partition coefficient (Wildman–Crippen LogP) is 4.67. The number of thioether (sulfide) groups is 1. The van der Waals surface area contributed by atoms with E-state index in [2.05, 4.69) is 71.9 Å². The summed E-state index contributed by atoms with van der Waals surface area (Å²) < 4.78 is 10.5. The fourth-order valence-electron chi connectivity index (χ4n) is 5.00. The molecule has 7 heteroatoms. The van der Waals surface area contributed by atoms with Crippen LogP contribution in [0.15, 0.2) is 70.8 Å². The highest BCUT2D eigenvalue weighted by molar-refractivity contribution is 8.06. The van der Waals surface area contributed by atoms with E-state index in [0.717, 1.165) is 56.2 Å². The Balaban J connectivity index is 1.31.